The predicted molar refractivity (Wildman–Crippen MR) is 87.7 cm³/mol. The van der Waals surface area contributed by atoms with E-state index in [1.807, 2.05) is 0 Å². The molecular formula is C13H12ClN5O3S. The van der Waals surface area contributed by atoms with Gasteiger partial charge in [-0.2, -0.15) is 0 Å². The van der Waals surface area contributed by atoms with Crippen molar-refractivity contribution in [2.75, 3.05) is 17.2 Å². The van der Waals surface area contributed by atoms with Crippen LogP contribution in [0.25, 0.3) is 0 Å². The number of carbonyl (C=O) groups is 3. The molecule has 1 aromatic carbocycles. The molecule has 8 nitrogen and oxygen atoms in total. The van der Waals surface area contributed by atoms with E-state index in [9.17, 15) is 14.4 Å². The van der Waals surface area contributed by atoms with Crippen LogP contribution in [-0.4, -0.2) is 29.4 Å². The number of nitrogens with zero attached hydrogens (tertiary/aromatic N) is 1. The minimum Gasteiger partial charge on any atom is -0.368 e. The first-order valence-electron chi connectivity index (χ1n) is 6.29. The monoisotopic (exact) mass is 353 g/mol. The Morgan fingerprint density at radius 2 is 2.04 bits per heavy atom. The molecule has 0 spiro atoms. The van der Waals surface area contributed by atoms with E-state index in [1.54, 1.807) is 24.3 Å². The number of benzene rings is 1. The summed E-state index contributed by atoms with van der Waals surface area (Å²) in [7, 11) is 0. The lowest BCUT2D eigenvalue weighted by molar-refractivity contribution is -0.117. The number of nitrogens with two attached hydrogens (primary N) is 1. The van der Waals surface area contributed by atoms with Gasteiger partial charge in [-0.05, 0) is 18.2 Å². The van der Waals surface area contributed by atoms with Crippen molar-refractivity contribution >= 4 is 51.6 Å². The van der Waals surface area contributed by atoms with Crippen molar-refractivity contribution in [1.82, 2.24) is 10.3 Å². The van der Waals surface area contributed by atoms with Gasteiger partial charge in [0.2, 0.25) is 5.91 Å². The number of hydrogen-bond acceptors (Lipinski definition) is 5. The molecule has 2 rings (SSSR count). The lowest BCUT2D eigenvalue weighted by atomic mass is 10.3. The van der Waals surface area contributed by atoms with Gasteiger partial charge >= 0.3 is 6.03 Å². The number of nitrogens with one attached hydrogen (secondary N) is 3. The third kappa shape index (κ3) is 5.24. The Hall–Kier alpha value is -2.65. The van der Waals surface area contributed by atoms with Gasteiger partial charge in [-0.3, -0.25) is 14.9 Å². The smallest absolute Gasteiger partial charge is 0.325 e. The van der Waals surface area contributed by atoms with Crippen molar-refractivity contribution in [1.29, 1.82) is 0 Å². The Morgan fingerprint density at radius 1 is 1.26 bits per heavy atom. The fourth-order valence-corrected chi connectivity index (χ4v) is 2.40. The van der Waals surface area contributed by atoms with Crippen LogP contribution in [0.3, 0.4) is 0 Å². The SMILES string of the molecule is NC(=O)CNC(=O)c1csc(NC(=O)Nc2cccc(Cl)c2)n1. The van der Waals surface area contributed by atoms with Gasteiger partial charge in [0.1, 0.15) is 5.69 Å². The number of halogens is 1. The Morgan fingerprint density at radius 3 is 2.74 bits per heavy atom. The van der Waals surface area contributed by atoms with Crippen LogP contribution in [0.15, 0.2) is 29.6 Å². The van der Waals surface area contributed by atoms with Crippen molar-refractivity contribution in [3.8, 4) is 0 Å². The molecule has 120 valence electrons. The van der Waals surface area contributed by atoms with Crippen molar-refractivity contribution in [3.63, 3.8) is 0 Å². The molecule has 23 heavy (non-hydrogen) atoms. The second-order valence-electron chi connectivity index (χ2n) is 4.28. The Balaban J connectivity index is 1.92. The van der Waals surface area contributed by atoms with Gasteiger partial charge in [-0.1, -0.05) is 17.7 Å². The van der Waals surface area contributed by atoms with Crippen molar-refractivity contribution in [3.05, 3.63) is 40.4 Å². The minimum absolute atomic E-state index is 0.0781. The molecule has 0 radical (unpaired) electrons. The second-order valence-corrected chi connectivity index (χ2v) is 5.57. The van der Waals surface area contributed by atoms with E-state index in [0.717, 1.165) is 11.3 Å². The predicted octanol–water partition coefficient (Wildman–Crippen LogP) is 1.66. The van der Waals surface area contributed by atoms with Gasteiger partial charge in [0.25, 0.3) is 5.91 Å². The number of urea groups is 1. The molecule has 4 amide bonds. The summed E-state index contributed by atoms with van der Waals surface area (Å²) in [6.45, 7) is -0.283. The Bertz CT molecular complexity index is 749. The highest BCUT2D eigenvalue weighted by atomic mass is 35.5. The van der Waals surface area contributed by atoms with E-state index in [2.05, 4.69) is 20.9 Å². The van der Waals surface area contributed by atoms with Gasteiger partial charge in [0, 0.05) is 16.1 Å². The zero-order valence-electron chi connectivity index (χ0n) is 11.6. The van der Waals surface area contributed by atoms with E-state index >= 15 is 0 Å². The maximum absolute atomic E-state index is 11.8. The Labute approximate surface area is 140 Å². The molecule has 0 fully saturated rings. The number of aromatic nitrogens is 1. The number of carbonyl (C=O) groups excluding carboxylic acids is 3. The average molecular weight is 354 g/mol. The number of hydrogen-bond donors (Lipinski definition) is 4. The molecule has 1 heterocycles. The number of amides is 4. The molecule has 1 aromatic heterocycles. The molecule has 10 heteroatoms. The van der Waals surface area contributed by atoms with Crippen LogP contribution in [0.1, 0.15) is 10.5 Å². The lowest BCUT2D eigenvalue weighted by Gasteiger charge is -2.05. The highest BCUT2D eigenvalue weighted by molar-refractivity contribution is 7.14. The van der Waals surface area contributed by atoms with E-state index < -0.39 is 17.8 Å². The number of anilines is 2. The largest absolute Gasteiger partial charge is 0.368 e. The maximum Gasteiger partial charge on any atom is 0.325 e. The van der Waals surface area contributed by atoms with Crippen molar-refractivity contribution in [2.45, 2.75) is 0 Å². The minimum atomic E-state index is -0.659. The zero-order chi connectivity index (χ0) is 16.8. The fraction of sp³-hybridized carbons (Fsp3) is 0.0769. The molecule has 0 aliphatic rings. The topological polar surface area (TPSA) is 126 Å². The summed E-state index contributed by atoms with van der Waals surface area (Å²) in [6, 6.07) is 6.12. The standard InChI is InChI=1S/C13H12ClN5O3S/c14-7-2-1-3-8(4-7)17-12(22)19-13-18-9(6-23-13)11(21)16-5-10(15)20/h1-4,6H,5H2,(H2,15,20)(H,16,21)(H2,17,18,19,22). The summed E-state index contributed by atoms with van der Waals surface area (Å²) < 4.78 is 0. The fourth-order valence-electron chi connectivity index (χ4n) is 1.52. The summed E-state index contributed by atoms with van der Waals surface area (Å²) in [5.74, 6) is -1.21. The zero-order valence-corrected chi connectivity index (χ0v) is 13.2. The summed E-state index contributed by atoms with van der Waals surface area (Å²) in [4.78, 5) is 38.0. The van der Waals surface area contributed by atoms with E-state index in [4.69, 9.17) is 17.3 Å². The van der Waals surface area contributed by atoms with Gasteiger partial charge < -0.3 is 16.4 Å². The molecular weight excluding hydrogens is 342 g/mol. The van der Waals surface area contributed by atoms with Crippen LogP contribution < -0.4 is 21.7 Å². The van der Waals surface area contributed by atoms with E-state index in [0.29, 0.717) is 10.7 Å². The highest BCUT2D eigenvalue weighted by Gasteiger charge is 2.12. The van der Waals surface area contributed by atoms with Crippen molar-refractivity contribution in [2.24, 2.45) is 5.73 Å². The van der Waals surface area contributed by atoms with Gasteiger partial charge in [-0.15, -0.1) is 11.3 Å². The molecule has 0 aliphatic heterocycles. The molecule has 0 saturated carbocycles. The van der Waals surface area contributed by atoms with E-state index in [-0.39, 0.29) is 17.4 Å². The molecule has 0 saturated heterocycles. The summed E-state index contributed by atoms with van der Waals surface area (Å²) in [6.07, 6.45) is 0. The molecule has 0 unspecified atom stereocenters. The third-order valence-corrected chi connectivity index (χ3v) is 3.46. The van der Waals surface area contributed by atoms with Crippen LogP contribution in [0.2, 0.25) is 5.02 Å². The summed E-state index contributed by atoms with van der Waals surface area (Å²) in [5, 5.41) is 9.54. The van der Waals surface area contributed by atoms with Gasteiger partial charge in [0.15, 0.2) is 5.13 Å². The second kappa shape index (κ2) is 7.56. The Kier molecular flexibility index (Phi) is 5.50. The van der Waals surface area contributed by atoms with Crippen LogP contribution in [0.4, 0.5) is 15.6 Å². The number of rotatable bonds is 5. The van der Waals surface area contributed by atoms with Crippen LogP contribution in [-0.2, 0) is 4.79 Å². The molecule has 2 aromatic rings. The van der Waals surface area contributed by atoms with Crippen molar-refractivity contribution < 1.29 is 14.4 Å². The van der Waals surface area contributed by atoms with Crippen LogP contribution in [0.5, 0.6) is 0 Å². The van der Waals surface area contributed by atoms with Gasteiger partial charge in [-0.25, -0.2) is 9.78 Å². The molecule has 0 aliphatic carbocycles. The van der Waals surface area contributed by atoms with E-state index in [1.165, 1.54) is 5.38 Å². The highest BCUT2D eigenvalue weighted by Crippen LogP contribution is 2.17. The number of primary amides is 1. The lowest BCUT2D eigenvalue weighted by Crippen LogP contribution is -2.33. The summed E-state index contributed by atoms with van der Waals surface area (Å²) in [5.41, 5.74) is 5.53. The first-order chi connectivity index (χ1) is 10.9. The first-order valence-corrected chi connectivity index (χ1v) is 7.55. The quantitative estimate of drug-likeness (QED) is 0.651. The normalized spacial score (nSPS) is 9.96. The molecule has 5 N–H and O–H groups in total. The van der Waals surface area contributed by atoms with Crippen LogP contribution in [0, 0.1) is 0 Å². The molecule has 0 bridgehead atoms. The molecule has 0 atom stereocenters. The average Bonchev–Trinajstić information content (AvgIpc) is 2.93. The third-order valence-electron chi connectivity index (χ3n) is 2.46. The first kappa shape index (κ1) is 16.7. The maximum atomic E-state index is 11.8. The van der Waals surface area contributed by atoms with Crippen LogP contribution >= 0.6 is 22.9 Å². The van der Waals surface area contributed by atoms with Gasteiger partial charge in [0.05, 0.1) is 6.54 Å². The number of thiazole rings is 1. The summed E-state index contributed by atoms with van der Waals surface area (Å²) >= 11 is 6.89.